The van der Waals surface area contributed by atoms with Crippen molar-refractivity contribution < 1.29 is 28.8 Å². The number of ether oxygens (including phenoxy) is 5. The smallest absolute Gasteiger partial charge is 0.131 e. The predicted octanol–water partition coefficient (Wildman–Crippen LogP) is 4.85. The Bertz CT molecular complexity index is 1260. The molecule has 3 aromatic carbocycles. The van der Waals surface area contributed by atoms with Crippen molar-refractivity contribution in [3.63, 3.8) is 0 Å². The summed E-state index contributed by atoms with van der Waals surface area (Å²) >= 11 is 0. The zero-order valence-corrected chi connectivity index (χ0v) is 22.6. The van der Waals surface area contributed by atoms with Crippen LogP contribution in [0, 0.1) is 5.92 Å². The highest BCUT2D eigenvalue weighted by Crippen LogP contribution is 2.35. The molecule has 3 aromatic rings. The summed E-state index contributed by atoms with van der Waals surface area (Å²) in [4.78, 5) is 4.68. The minimum absolute atomic E-state index is 0.112. The standard InChI is InChI=1S/C32H36N2O6/c35-32-14-22(32)12-13-33(16-29-19-36-29)23-4-8-25(9-5-23)39-27-2-1-3-28(15-27)40-26-10-6-24(7-11-26)34(17-30-20-37-30)18-31-21-38-31/h1-11,15,22,29-32,35H,12-14,16-21H2. The second-order valence-electron chi connectivity index (χ2n) is 11.2. The maximum atomic E-state index is 9.69. The van der Waals surface area contributed by atoms with Crippen molar-refractivity contribution in [3.05, 3.63) is 72.8 Å². The Hall–Kier alpha value is -3.30. The van der Waals surface area contributed by atoms with Gasteiger partial charge in [0.1, 0.15) is 23.0 Å². The Labute approximate surface area is 235 Å². The molecule has 8 nitrogen and oxygen atoms in total. The van der Waals surface area contributed by atoms with Crippen LogP contribution in [0.4, 0.5) is 11.4 Å². The molecule has 1 N–H and O–H groups in total. The molecule has 5 unspecified atom stereocenters. The minimum Gasteiger partial charge on any atom is -0.457 e. The number of anilines is 2. The second kappa shape index (κ2) is 11.3. The van der Waals surface area contributed by atoms with Gasteiger partial charge in [0.2, 0.25) is 0 Å². The summed E-state index contributed by atoms with van der Waals surface area (Å²) in [6.45, 7) is 6.08. The highest BCUT2D eigenvalue weighted by molar-refractivity contribution is 5.52. The first-order valence-electron chi connectivity index (χ1n) is 14.3. The van der Waals surface area contributed by atoms with Crippen LogP contribution in [-0.2, 0) is 14.2 Å². The predicted molar refractivity (Wildman–Crippen MR) is 152 cm³/mol. The summed E-state index contributed by atoms with van der Waals surface area (Å²) in [5.41, 5.74) is 2.29. The molecular weight excluding hydrogens is 508 g/mol. The lowest BCUT2D eigenvalue weighted by Crippen LogP contribution is -2.31. The molecule has 0 spiro atoms. The fourth-order valence-electron chi connectivity index (χ4n) is 5.06. The van der Waals surface area contributed by atoms with Gasteiger partial charge in [-0.2, -0.15) is 0 Å². The highest BCUT2D eigenvalue weighted by Gasteiger charge is 2.35. The van der Waals surface area contributed by atoms with E-state index in [0.717, 1.165) is 81.7 Å². The molecule has 4 fully saturated rings. The number of hydrogen-bond donors (Lipinski definition) is 1. The maximum absolute atomic E-state index is 9.69. The van der Waals surface area contributed by atoms with Crippen LogP contribution in [0.25, 0.3) is 0 Å². The average Bonchev–Trinajstić information content (AvgIpc) is 3.76. The summed E-state index contributed by atoms with van der Waals surface area (Å²) < 4.78 is 28.7. The number of aliphatic hydroxyl groups is 1. The molecule has 1 aliphatic carbocycles. The van der Waals surface area contributed by atoms with Gasteiger partial charge < -0.3 is 38.6 Å². The lowest BCUT2D eigenvalue weighted by Gasteiger charge is -2.24. The molecule has 210 valence electrons. The van der Waals surface area contributed by atoms with E-state index in [2.05, 4.69) is 34.1 Å². The van der Waals surface area contributed by atoms with Gasteiger partial charge >= 0.3 is 0 Å². The normalized spacial score (nSPS) is 25.7. The van der Waals surface area contributed by atoms with E-state index < -0.39 is 0 Å². The molecule has 40 heavy (non-hydrogen) atoms. The Morgan fingerprint density at radius 1 is 0.650 bits per heavy atom. The van der Waals surface area contributed by atoms with E-state index >= 15 is 0 Å². The molecule has 8 heteroatoms. The van der Waals surface area contributed by atoms with Crippen LogP contribution in [0.15, 0.2) is 72.8 Å². The van der Waals surface area contributed by atoms with Crippen LogP contribution in [-0.4, -0.2) is 75.5 Å². The van der Waals surface area contributed by atoms with E-state index in [1.54, 1.807) is 0 Å². The molecule has 0 bridgehead atoms. The maximum Gasteiger partial charge on any atom is 0.131 e. The van der Waals surface area contributed by atoms with Gasteiger partial charge in [0.05, 0.1) is 44.2 Å². The highest BCUT2D eigenvalue weighted by atomic mass is 16.6. The van der Waals surface area contributed by atoms with E-state index in [-0.39, 0.29) is 6.10 Å². The Kier molecular flexibility index (Phi) is 7.24. The third kappa shape index (κ3) is 7.06. The summed E-state index contributed by atoms with van der Waals surface area (Å²) in [5.74, 6) is 3.42. The van der Waals surface area contributed by atoms with Crippen molar-refractivity contribution in [2.24, 2.45) is 5.92 Å². The van der Waals surface area contributed by atoms with Crippen molar-refractivity contribution in [3.8, 4) is 23.0 Å². The van der Waals surface area contributed by atoms with Crippen LogP contribution in [0.2, 0.25) is 0 Å². The summed E-state index contributed by atoms with van der Waals surface area (Å²) in [7, 11) is 0. The zero-order valence-electron chi connectivity index (χ0n) is 22.6. The molecule has 5 atom stereocenters. The van der Waals surface area contributed by atoms with E-state index in [4.69, 9.17) is 23.7 Å². The first kappa shape index (κ1) is 25.7. The molecule has 1 saturated carbocycles. The van der Waals surface area contributed by atoms with Gasteiger partial charge in [0, 0.05) is 43.6 Å². The Balaban J connectivity index is 0.959. The van der Waals surface area contributed by atoms with Crippen molar-refractivity contribution in [1.82, 2.24) is 0 Å². The first-order valence-corrected chi connectivity index (χ1v) is 14.3. The molecule has 4 aliphatic rings. The minimum atomic E-state index is -0.112. The number of nitrogens with zero attached hydrogens (tertiary/aromatic N) is 2. The van der Waals surface area contributed by atoms with E-state index in [9.17, 15) is 5.11 Å². The molecule has 0 aromatic heterocycles. The van der Waals surface area contributed by atoms with Crippen molar-refractivity contribution in [2.45, 2.75) is 37.3 Å². The lowest BCUT2D eigenvalue weighted by molar-refractivity contribution is 0.257. The van der Waals surface area contributed by atoms with Crippen LogP contribution in [0.5, 0.6) is 23.0 Å². The zero-order chi connectivity index (χ0) is 26.9. The largest absolute Gasteiger partial charge is 0.457 e. The molecule has 0 radical (unpaired) electrons. The molecule has 0 amide bonds. The Morgan fingerprint density at radius 2 is 1.10 bits per heavy atom. The third-order valence-electron chi connectivity index (χ3n) is 7.81. The summed E-state index contributed by atoms with van der Waals surface area (Å²) in [6, 6.07) is 24.1. The second-order valence-corrected chi connectivity index (χ2v) is 11.2. The molecule has 7 rings (SSSR count). The quantitative estimate of drug-likeness (QED) is 0.272. The summed E-state index contributed by atoms with van der Waals surface area (Å²) in [5, 5.41) is 9.69. The molecule has 3 aliphatic heterocycles. The van der Waals surface area contributed by atoms with Gasteiger partial charge in [-0.05, 0) is 79.4 Å². The van der Waals surface area contributed by atoms with Gasteiger partial charge in [-0.1, -0.05) is 6.07 Å². The van der Waals surface area contributed by atoms with Gasteiger partial charge in [-0.3, -0.25) is 0 Å². The third-order valence-corrected chi connectivity index (χ3v) is 7.81. The molecule has 3 saturated heterocycles. The van der Waals surface area contributed by atoms with Crippen molar-refractivity contribution in [2.75, 3.05) is 55.8 Å². The number of rotatable bonds is 15. The molecular formula is C32H36N2O6. The van der Waals surface area contributed by atoms with Gasteiger partial charge in [0.25, 0.3) is 0 Å². The SMILES string of the molecule is OC1CC1CCN(CC1CO1)c1ccc(Oc2cccc(Oc3ccc(N(CC4CO4)CC4CO4)cc3)c2)cc1. The topological polar surface area (TPSA) is 82.8 Å². The van der Waals surface area contributed by atoms with Crippen molar-refractivity contribution >= 4 is 11.4 Å². The van der Waals surface area contributed by atoms with Crippen molar-refractivity contribution in [1.29, 1.82) is 0 Å². The summed E-state index contributed by atoms with van der Waals surface area (Å²) in [6.07, 6.45) is 2.79. The number of hydrogen-bond acceptors (Lipinski definition) is 8. The lowest BCUT2D eigenvalue weighted by atomic mass is 10.2. The monoisotopic (exact) mass is 544 g/mol. The number of benzene rings is 3. The molecule has 3 heterocycles. The number of epoxide rings is 3. The van der Waals surface area contributed by atoms with Crippen LogP contribution in [0.3, 0.4) is 0 Å². The van der Waals surface area contributed by atoms with E-state index in [1.165, 1.54) is 0 Å². The van der Waals surface area contributed by atoms with Crippen LogP contribution < -0.4 is 19.3 Å². The Morgan fingerprint density at radius 3 is 1.55 bits per heavy atom. The van der Waals surface area contributed by atoms with E-state index in [0.29, 0.717) is 35.7 Å². The fourth-order valence-corrected chi connectivity index (χ4v) is 5.06. The first-order chi connectivity index (χ1) is 19.6. The van der Waals surface area contributed by atoms with E-state index in [1.807, 2.05) is 48.5 Å². The van der Waals surface area contributed by atoms with Crippen LogP contribution in [0.1, 0.15) is 12.8 Å². The van der Waals surface area contributed by atoms with Gasteiger partial charge in [-0.25, -0.2) is 0 Å². The number of aliphatic hydroxyl groups excluding tert-OH is 1. The van der Waals surface area contributed by atoms with Crippen LogP contribution >= 0.6 is 0 Å². The average molecular weight is 545 g/mol. The van der Waals surface area contributed by atoms with Gasteiger partial charge in [0.15, 0.2) is 0 Å². The van der Waals surface area contributed by atoms with Gasteiger partial charge in [-0.15, -0.1) is 0 Å². The fraction of sp³-hybridized carbons (Fsp3) is 0.438.